The fourth-order valence-electron chi connectivity index (χ4n) is 4.75. The van der Waals surface area contributed by atoms with Gasteiger partial charge in [0.1, 0.15) is 0 Å². The Bertz CT molecular complexity index is 1370. The summed E-state index contributed by atoms with van der Waals surface area (Å²) >= 11 is 0. The summed E-state index contributed by atoms with van der Waals surface area (Å²) in [5.74, 6) is 0. The molecule has 0 amide bonds. The molecule has 30 heavy (non-hydrogen) atoms. The van der Waals surface area contributed by atoms with E-state index in [0.29, 0.717) is 0 Å². The summed E-state index contributed by atoms with van der Waals surface area (Å²) in [6, 6.07) is 19.8. The van der Waals surface area contributed by atoms with Gasteiger partial charge in [0.2, 0.25) is 0 Å². The van der Waals surface area contributed by atoms with Gasteiger partial charge in [-0.2, -0.15) is 0 Å². The van der Waals surface area contributed by atoms with E-state index in [1.54, 1.807) is 11.1 Å². The topological polar surface area (TPSA) is 12.4 Å². The van der Waals surface area contributed by atoms with Gasteiger partial charge in [0, 0.05) is 18.8 Å². The van der Waals surface area contributed by atoms with Crippen molar-refractivity contribution in [3.05, 3.63) is 109 Å². The van der Waals surface area contributed by atoms with Crippen molar-refractivity contribution < 1.29 is 0 Å². The predicted octanol–water partition coefficient (Wildman–Crippen LogP) is 5.02. The van der Waals surface area contributed by atoms with E-state index >= 15 is 0 Å². The average molecular weight is 390 g/mol. The summed E-state index contributed by atoms with van der Waals surface area (Å²) in [6.45, 7) is 2.17. The molecule has 6 rings (SSSR count). The van der Waals surface area contributed by atoms with Crippen LogP contribution in [0.3, 0.4) is 0 Å². The molecule has 1 aliphatic heterocycles. The van der Waals surface area contributed by atoms with Gasteiger partial charge in [-0.1, -0.05) is 72.3 Å². The first-order valence-electron chi connectivity index (χ1n) is 11.0. The van der Waals surface area contributed by atoms with Crippen molar-refractivity contribution in [3.8, 4) is 0 Å². The zero-order valence-corrected chi connectivity index (χ0v) is 17.6. The second-order valence-electron chi connectivity index (χ2n) is 8.31. The van der Waals surface area contributed by atoms with Gasteiger partial charge in [0.05, 0.1) is 0 Å². The van der Waals surface area contributed by atoms with Crippen LogP contribution in [0.1, 0.15) is 40.7 Å². The summed E-state index contributed by atoms with van der Waals surface area (Å²) in [4.78, 5) is 4.08. The van der Waals surface area contributed by atoms with Gasteiger partial charge in [-0.3, -0.25) is 4.99 Å². The van der Waals surface area contributed by atoms with Gasteiger partial charge >= 0.3 is 0 Å². The highest BCUT2D eigenvalue weighted by molar-refractivity contribution is 5.69. The van der Waals surface area contributed by atoms with Crippen LogP contribution in [0, 0.1) is 17.4 Å². The molecule has 2 aliphatic carbocycles. The fraction of sp³-hybridized carbons (Fsp3) is 0.207. The third kappa shape index (κ3) is 3.68. The van der Waals surface area contributed by atoms with Crippen LogP contribution >= 0.6 is 0 Å². The Kier molecular flexibility index (Phi) is 5.19. The van der Waals surface area contributed by atoms with Crippen molar-refractivity contribution >= 4 is 24.4 Å². The van der Waals surface area contributed by atoms with Crippen LogP contribution in [0.15, 0.2) is 65.8 Å². The van der Waals surface area contributed by atoms with Crippen LogP contribution in [-0.4, -0.2) is 6.21 Å². The molecule has 148 valence electrons. The van der Waals surface area contributed by atoms with Gasteiger partial charge < -0.3 is 0 Å². The Morgan fingerprint density at radius 1 is 0.800 bits per heavy atom. The zero-order valence-electron chi connectivity index (χ0n) is 17.6. The number of fused-ring (bicyclic) bond motifs is 5. The molecule has 0 unspecified atom stereocenters. The quantitative estimate of drug-likeness (QED) is 0.512. The standard InChI is InChI=1S/C19H18.C10H9N/c1-13-6-9-17-15(12-13)8-11-18-16-5-3-2-4-14(16)7-10-19(17)18;1-2-4-10-6-8-11-7-5-9(10)3-1/h4,6-10,12H,2-3,5,11H2,1H3;1-5,7-8H,6H2. The first-order valence-corrected chi connectivity index (χ1v) is 11.0. The average Bonchev–Trinajstić information content (AvgIpc) is 3.04. The molecule has 0 N–H and O–H groups in total. The highest BCUT2D eigenvalue weighted by Crippen LogP contribution is 2.17. The van der Waals surface area contributed by atoms with Gasteiger partial charge in [-0.05, 0) is 81.8 Å². The number of aryl methyl sites for hydroxylation is 1. The smallest absolute Gasteiger partial charge is 0.0270 e. The molecule has 0 spiro atoms. The zero-order chi connectivity index (χ0) is 20.3. The molecule has 0 saturated heterocycles. The van der Waals surface area contributed by atoms with Gasteiger partial charge in [-0.25, -0.2) is 0 Å². The van der Waals surface area contributed by atoms with Crippen molar-refractivity contribution in [1.82, 2.24) is 0 Å². The van der Waals surface area contributed by atoms with Crippen molar-refractivity contribution in [2.45, 2.75) is 39.0 Å². The van der Waals surface area contributed by atoms with Crippen molar-refractivity contribution in [1.29, 1.82) is 0 Å². The molecular formula is C29H27N. The normalized spacial score (nSPS) is 15.1. The molecular weight excluding hydrogens is 362 g/mol. The molecule has 0 fully saturated rings. The summed E-state index contributed by atoms with van der Waals surface area (Å²) < 4.78 is 0. The summed E-state index contributed by atoms with van der Waals surface area (Å²) in [5.41, 5.74) is 7.16. The van der Waals surface area contributed by atoms with Crippen LogP contribution < -0.4 is 10.4 Å². The molecule has 0 radical (unpaired) electrons. The first-order chi connectivity index (χ1) is 14.8. The molecule has 3 aliphatic rings. The van der Waals surface area contributed by atoms with Crippen molar-refractivity contribution in [3.63, 3.8) is 0 Å². The Morgan fingerprint density at radius 3 is 2.67 bits per heavy atom. The monoisotopic (exact) mass is 389 g/mol. The SMILES string of the molecule is C1=Cc2ccccc2CC=N1.Cc1ccc2c(c1)=CCc1c3c(ccc1=2)=CCCC3. The second-order valence-corrected chi connectivity index (χ2v) is 8.31. The minimum atomic E-state index is 0.948. The van der Waals surface area contributed by atoms with Crippen LogP contribution in [0.25, 0.3) is 18.2 Å². The minimum absolute atomic E-state index is 0.948. The Labute approximate surface area is 178 Å². The maximum Gasteiger partial charge on any atom is 0.0270 e. The molecule has 1 heteroatoms. The number of nitrogens with zero attached hydrogens (tertiary/aromatic N) is 1. The third-order valence-corrected chi connectivity index (χ3v) is 6.30. The second kappa shape index (κ2) is 8.28. The maximum absolute atomic E-state index is 4.08. The molecule has 3 aromatic rings. The molecule has 1 heterocycles. The lowest BCUT2D eigenvalue weighted by Gasteiger charge is -2.16. The minimum Gasteiger partial charge on any atom is -0.269 e. The number of hydrogen-bond donors (Lipinski definition) is 0. The molecule has 0 aromatic heterocycles. The lowest BCUT2D eigenvalue weighted by atomic mass is 9.89. The fourth-order valence-corrected chi connectivity index (χ4v) is 4.75. The molecule has 0 saturated carbocycles. The van der Waals surface area contributed by atoms with Crippen molar-refractivity contribution in [2.24, 2.45) is 4.99 Å². The van der Waals surface area contributed by atoms with Gasteiger partial charge in [0.15, 0.2) is 0 Å². The number of benzene rings is 3. The van der Waals surface area contributed by atoms with Gasteiger partial charge in [0.25, 0.3) is 0 Å². The Hall–Kier alpha value is -3.19. The van der Waals surface area contributed by atoms with E-state index in [1.807, 2.05) is 18.5 Å². The van der Waals surface area contributed by atoms with Crippen LogP contribution in [-0.2, 0) is 19.3 Å². The van der Waals surface area contributed by atoms with E-state index in [9.17, 15) is 0 Å². The van der Waals surface area contributed by atoms with E-state index < -0.39 is 0 Å². The summed E-state index contributed by atoms with van der Waals surface area (Å²) in [7, 11) is 0. The van der Waals surface area contributed by atoms with Crippen molar-refractivity contribution in [2.75, 3.05) is 0 Å². The highest BCUT2D eigenvalue weighted by Gasteiger charge is 2.11. The van der Waals surface area contributed by atoms with Crippen LogP contribution in [0.5, 0.6) is 0 Å². The maximum atomic E-state index is 4.08. The molecule has 0 atom stereocenters. The van der Waals surface area contributed by atoms with E-state index in [2.05, 4.69) is 78.7 Å². The Morgan fingerprint density at radius 2 is 1.70 bits per heavy atom. The lowest BCUT2D eigenvalue weighted by molar-refractivity contribution is 0.824. The van der Waals surface area contributed by atoms with E-state index in [-0.39, 0.29) is 0 Å². The molecule has 1 nitrogen and oxygen atoms in total. The van der Waals surface area contributed by atoms with Crippen LogP contribution in [0.4, 0.5) is 0 Å². The third-order valence-electron chi connectivity index (χ3n) is 6.30. The van der Waals surface area contributed by atoms with Gasteiger partial charge in [-0.15, -0.1) is 0 Å². The van der Waals surface area contributed by atoms with E-state index in [4.69, 9.17) is 0 Å². The molecule has 0 bridgehead atoms. The first kappa shape index (κ1) is 18.8. The molecule has 3 aromatic carbocycles. The van der Waals surface area contributed by atoms with E-state index in [1.165, 1.54) is 56.8 Å². The predicted molar refractivity (Wildman–Crippen MR) is 128 cm³/mol. The summed E-state index contributed by atoms with van der Waals surface area (Å²) in [6.07, 6.45) is 16.5. The number of aliphatic imine (C=N–C) groups is 1. The highest BCUT2D eigenvalue weighted by atomic mass is 14.7. The Balaban J connectivity index is 0.000000149. The number of rotatable bonds is 0. The van der Waals surface area contributed by atoms with Crippen LogP contribution in [0.2, 0.25) is 0 Å². The van der Waals surface area contributed by atoms with E-state index in [0.717, 1.165) is 12.8 Å². The number of hydrogen-bond acceptors (Lipinski definition) is 1. The summed E-state index contributed by atoms with van der Waals surface area (Å²) in [5, 5.41) is 5.77. The largest absolute Gasteiger partial charge is 0.269 e. The lowest BCUT2D eigenvalue weighted by Crippen LogP contribution is -2.19.